The van der Waals surface area contributed by atoms with Crippen molar-refractivity contribution >= 4 is 29.4 Å². The smallest absolute Gasteiger partial charge is 0.331 e. The molecule has 2 aromatic rings. The summed E-state index contributed by atoms with van der Waals surface area (Å²) in [4.78, 5) is 24.2. The second-order valence-electron chi connectivity index (χ2n) is 7.85. The fourth-order valence-electron chi connectivity index (χ4n) is 3.45. The van der Waals surface area contributed by atoms with Gasteiger partial charge in [0.05, 0.1) is 5.92 Å². The van der Waals surface area contributed by atoms with E-state index in [0.29, 0.717) is 28.6 Å². The van der Waals surface area contributed by atoms with E-state index in [4.69, 9.17) is 20.9 Å². The van der Waals surface area contributed by atoms with Crippen LogP contribution in [0.25, 0.3) is 6.08 Å². The van der Waals surface area contributed by atoms with Crippen molar-refractivity contribution in [2.75, 3.05) is 11.5 Å². The summed E-state index contributed by atoms with van der Waals surface area (Å²) in [5.41, 5.74) is 14.0. The highest BCUT2D eigenvalue weighted by Crippen LogP contribution is 2.29. The third-order valence-corrected chi connectivity index (χ3v) is 5.40. The van der Waals surface area contributed by atoms with Crippen molar-refractivity contribution in [2.24, 2.45) is 11.8 Å². The van der Waals surface area contributed by atoms with E-state index >= 15 is 0 Å². The predicted molar refractivity (Wildman–Crippen MR) is 117 cm³/mol. The Morgan fingerprint density at radius 3 is 2.40 bits per heavy atom. The van der Waals surface area contributed by atoms with E-state index in [1.54, 1.807) is 48.5 Å². The molecule has 0 spiro atoms. The molecule has 1 aliphatic carbocycles. The number of carbonyl (C=O) groups is 2. The molecule has 4 N–H and O–H groups in total. The Morgan fingerprint density at radius 1 is 1.03 bits per heavy atom. The first-order valence-corrected chi connectivity index (χ1v) is 10.2. The number of nitrogens with two attached hydrogens (primary N) is 2. The Morgan fingerprint density at radius 2 is 1.73 bits per heavy atom. The number of nitrogen functional groups attached to an aromatic ring is 2. The highest BCUT2D eigenvalue weighted by molar-refractivity contribution is 5.87. The largest absolute Gasteiger partial charge is 0.458 e. The molecule has 2 aromatic carbocycles. The molecule has 6 nitrogen and oxygen atoms in total. The van der Waals surface area contributed by atoms with E-state index in [0.717, 1.165) is 31.2 Å². The van der Waals surface area contributed by atoms with Gasteiger partial charge in [0.25, 0.3) is 0 Å². The Hall–Kier alpha value is -3.28. The lowest BCUT2D eigenvalue weighted by Crippen LogP contribution is -2.24. The first kappa shape index (κ1) is 21.4. The van der Waals surface area contributed by atoms with Crippen LogP contribution in [0.2, 0.25) is 0 Å². The van der Waals surface area contributed by atoms with Gasteiger partial charge in [-0.25, -0.2) is 4.79 Å². The van der Waals surface area contributed by atoms with Crippen molar-refractivity contribution in [3.63, 3.8) is 0 Å². The number of esters is 2. The van der Waals surface area contributed by atoms with E-state index in [1.807, 2.05) is 0 Å². The van der Waals surface area contributed by atoms with E-state index < -0.39 is 5.97 Å². The summed E-state index contributed by atoms with van der Waals surface area (Å²) < 4.78 is 10.7. The van der Waals surface area contributed by atoms with Crippen LogP contribution in [0.1, 0.15) is 43.7 Å². The highest BCUT2D eigenvalue weighted by Gasteiger charge is 2.25. The number of anilines is 2. The Bertz CT molecular complexity index is 913. The quantitative estimate of drug-likeness (QED) is 0.319. The van der Waals surface area contributed by atoms with Gasteiger partial charge in [0.15, 0.2) is 0 Å². The second-order valence-corrected chi connectivity index (χ2v) is 7.85. The normalized spacial score (nSPS) is 18.8. The minimum atomic E-state index is -0.478. The zero-order valence-corrected chi connectivity index (χ0v) is 17.2. The van der Waals surface area contributed by atoms with Gasteiger partial charge in [-0.1, -0.05) is 25.1 Å². The first-order valence-electron chi connectivity index (χ1n) is 10.2. The average Bonchev–Trinajstić information content (AvgIpc) is 2.73. The second kappa shape index (κ2) is 9.96. The molecular formula is C24H28N2O4. The molecule has 0 saturated heterocycles. The number of carbonyl (C=O) groups excluding carboxylic acids is 2. The van der Waals surface area contributed by atoms with Crippen LogP contribution in [-0.4, -0.2) is 11.9 Å². The molecule has 0 amide bonds. The van der Waals surface area contributed by atoms with E-state index in [1.165, 1.54) is 6.08 Å². The van der Waals surface area contributed by atoms with Gasteiger partial charge in [0, 0.05) is 23.0 Å². The minimum absolute atomic E-state index is 0.00867. The molecule has 0 heterocycles. The van der Waals surface area contributed by atoms with Gasteiger partial charge in [-0.2, -0.15) is 0 Å². The van der Waals surface area contributed by atoms with Gasteiger partial charge in [-0.3, -0.25) is 4.79 Å². The SMILES string of the molecule is CC1CCC(C(=O)Oc2ccc(C=CC(=O)OCc3ccc(N)cc3N)cc2)CC1. The predicted octanol–water partition coefficient (Wildman–Crippen LogP) is 4.34. The lowest BCUT2D eigenvalue weighted by molar-refractivity contribution is -0.140. The van der Waals surface area contributed by atoms with Crippen LogP contribution in [0.4, 0.5) is 11.4 Å². The first-order chi connectivity index (χ1) is 14.4. The number of ether oxygens (including phenoxy) is 2. The molecule has 1 aliphatic rings. The molecule has 6 heteroatoms. The van der Waals surface area contributed by atoms with Gasteiger partial charge in [-0.15, -0.1) is 0 Å². The average molecular weight is 408 g/mol. The maximum atomic E-state index is 12.3. The minimum Gasteiger partial charge on any atom is -0.458 e. The Labute approximate surface area is 176 Å². The monoisotopic (exact) mass is 408 g/mol. The number of hydrogen-bond acceptors (Lipinski definition) is 6. The molecule has 0 radical (unpaired) electrons. The van der Waals surface area contributed by atoms with Crippen LogP contribution < -0.4 is 16.2 Å². The van der Waals surface area contributed by atoms with Crippen molar-refractivity contribution in [2.45, 2.75) is 39.2 Å². The molecule has 0 aromatic heterocycles. The molecule has 1 fully saturated rings. The van der Waals surface area contributed by atoms with E-state index in [2.05, 4.69) is 6.92 Å². The highest BCUT2D eigenvalue weighted by atomic mass is 16.5. The molecule has 3 rings (SSSR count). The van der Waals surface area contributed by atoms with Crippen molar-refractivity contribution in [3.8, 4) is 5.75 Å². The summed E-state index contributed by atoms with van der Waals surface area (Å²) in [6.07, 6.45) is 6.92. The summed E-state index contributed by atoms with van der Waals surface area (Å²) in [5, 5.41) is 0. The number of hydrogen-bond donors (Lipinski definition) is 2. The molecular weight excluding hydrogens is 380 g/mol. The Balaban J connectivity index is 1.47. The van der Waals surface area contributed by atoms with Crippen LogP contribution in [0.15, 0.2) is 48.5 Å². The number of benzene rings is 2. The van der Waals surface area contributed by atoms with Crippen LogP contribution in [0.5, 0.6) is 5.75 Å². The molecule has 0 bridgehead atoms. The summed E-state index contributed by atoms with van der Waals surface area (Å²) in [5.74, 6) is 0.558. The molecule has 1 saturated carbocycles. The Kier molecular flexibility index (Phi) is 7.12. The van der Waals surface area contributed by atoms with E-state index in [9.17, 15) is 9.59 Å². The maximum Gasteiger partial charge on any atom is 0.331 e. The lowest BCUT2D eigenvalue weighted by Gasteiger charge is -2.24. The fraction of sp³-hybridized carbons (Fsp3) is 0.333. The van der Waals surface area contributed by atoms with Crippen LogP contribution in [0.3, 0.4) is 0 Å². The van der Waals surface area contributed by atoms with Crippen molar-refractivity contribution in [1.82, 2.24) is 0 Å². The topological polar surface area (TPSA) is 105 Å². The maximum absolute atomic E-state index is 12.3. The van der Waals surface area contributed by atoms with Crippen molar-refractivity contribution < 1.29 is 19.1 Å². The summed E-state index contributed by atoms with van der Waals surface area (Å²) in [6.45, 7) is 2.29. The van der Waals surface area contributed by atoms with Crippen molar-refractivity contribution in [1.29, 1.82) is 0 Å². The zero-order valence-electron chi connectivity index (χ0n) is 17.2. The van der Waals surface area contributed by atoms with Gasteiger partial charge in [0.2, 0.25) is 0 Å². The van der Waals surface area contributed by atoms with Gasteiger partial charge < -0.3 is 20.9 Å². The van der Waals surface area contributed by atoms with E-state index in [-0.39, 0.29) is 18.5 Å². The molecule has 0 atom stereocenters. The summed E-state index contributed by atoms with van der Waals surface area (Å²) in [7, 11) is 0. The summed E-state index contributed by atoms with van der Waals surface area (Å²) in [6, 6.07) is 12.1. The van der Waals surface area contributed by atoms with Gasteiger partial charge >= 0.3 is 11.9 Å². The molecule has 158 valence electrons. The zero-order chi connectivity index (χ0) is 21.5. The summed E-state index contributed by atoms with van der Waals surface area (Å²) >= 11 is 0. The lowest BCUT2D eigenvalue weighted by atomic mass is 9.83. The third kappa shape index (κ3) is 6.11. The third-order valence-electron chi connectivity index (χ3n) is 5.40. The number of rotatable bonds is 6. The molecule has 30 heavy (non-hydrogen) atoms. The van der Waals surface area contributed by atoms with Gasteiger partial charge in [0.1, 0.15) is 12.4 Å². The molecule has 0 unspecified atom stereocenters. The van der Waals surface area contributed by atoms with Crippen LogP contribution in [-0.2, 0) is 20.9 Å². The van der Waals surface area contributed by atoms with Crippen LogP contribution in [0, 0.1) is 11.8 Å². The standard InChI is InChI=1S/C24H28N2O4/c1-16-2-7-18(8-3-16)24(28)30-21-11-4-17(5-12-21)6-13-23(27)29-15-19-9-10-20(25)14-22(19)26/h4-6,9-14,16,18H,2-3,7-8,15,25-26H2,1H3. The van der Waals surface area contributed by atoms with Crippen molar-refractivity contribution in [3.05, 3.63) is 59.7 Å². The molecule has 0 aliphatic heterocycles. The van der Waals surface area contributed by atoms with Gasteiger partial charge in [-0.05, 0) is 67.5 Å². The van der Waals surface area contributed by atoms with Crippen LogP contribution >= 0.6 is 0 Å². The fourth-order valence-corrected chi connectivity index (χ4v) is 3.45.